The maximum Gasteiger partial charge on any atom is 0.248 e. The highest BCUT2D eigenvalue weighted by Crippen LogP contribution is 2.47. The number of carbonyl (C=O) groups excluding carboxylic acids is 1. The molecule has 1 saturated carbocycles. The summed E-state index contributed by atoms with van der Waals surface area (Å²) in [6, 6.07) is 17.0. The van der Waals surface area contributed by atoms with Crippen molar-refractivity contribution in [2.75, 3.05) is 5.32 Å². The number of benzene rings is 2. The van der Waals surface area contributed by atoms with E-state index in [0.29, 0.717) is 5.02 Å². The average molecular weight is 301 g/mol. The number of nitrogens with one attached hydrogen (secondary N) is 1. The monoisotopic (exact) mass is 300 g/mol. The molecule has 1 amide bonds. The van der Waals surface area contributed by atoms with Crippen molar-refractivity contribution >= 4 is 23.2 Å². The van der Waals surface area contributed by atoms with E-state index in [0.717, 1.165) is 24.1 Å². The van der Waals surface area contributed by atoms with E-state index >= 15 is 0 Å². The van der Waals surface area contributed by atoms with Crippen LogP contribution in [0.15, 0.2) is 54.6 Å². The van der Waals surface area contributed by atoms with Gasteiger partial charge in [0.05, 0.1) is 0 Å². The van der Waals surface area contributed by atoms with Crippen LogP contribution in [0.1, 0.15) is 18.4 Å². The number of hydrogen-bond acceptors (Lipinski definition) is 2. The Morgan fingerprint density at radius 2 is 1.71 bits per heavy atom. The fraction of sp³-hybridized carbons (Fsp3) is 0.235. The van der Waals surface area contributed by atoms with Crippen molar-refractivity contribution in [1.82, 2.24) is 0 Å². The van der Waals surface area contributed by atoms with Crippen LogP contribution < -0.4 is 11.1 Å². The van der Waals surface area contributed by atoms with Gasteiger partial charge in [-0.1, -0.05) is 41.9 Å². The average Bonchev–Trinajstić information content (AvgIpc) is 3.31. The predicted octanol–water partition coefficient (Wildman–Crippen LogP) is 3.54. The standard InChI is InChI=1S/C17H17ClN2O/c18-14-10-8-13(9-11-14)17(16(19)21,12-6-7-12)20-15-4-2-1-3-5-15/h1-5,8-12,20H,6-7H2,(H2,19,21). The van der Waals surface area contributed by atoms with E-state index in [1.807, 2.05) is 42.5 Å². The lowest BCUT2D eigenvalue weighted by Crippen LogP contribution is -2.49. The molecule has 4 heteroatoms. The summed E-state index contributed by atoms with van der Waals surface area (Å²) < 4.78 is 0. The Morgan fingerprint density at radius 1 is 1.10 bits per heavy atom. The third-order valence-electron chi connectivity index (χ3n) is 3.99. The lowest BCUT2D eigenvalue weighted by molar-refractivity contribution is -0.123. The molecule has 3 rings (SSSR count). The van der Waals surface area contributed by atoms with Crippen LogP contribution in [-0.4, -0.2) is 5.91 Å². The molecule has 0 aromatic heterocycles. The maximum atomic E-state index is 12.3. The van der Waals surface area contributed by atoms with E-state index in [2.05, 4.69) is 5.32 Å². The van der Waals surface area contributed by atoms with Gasteiger partial charge in [-0.3, -0.25) is 4.79 Å². The van der Waals surface area contributed by atoms with E-state index in [1.54, 1.807) is 12.1 Å². The van der Waals surface area contributed by atoms with E-state index < -0.39 is 5.54 Å². The molecule has 1 fully saturated rings. The van der Waals surface area contributed by atoms with Crippen molar-refractivity contribution in [2.45, 2.75) is 18.4 Å². The largest absolute Gasteiger partial charge is 0.367 e. The van der Waals surface area contributed by atoms with Gasteiger partial charge in [-0.2, -0.15) is 0 Å². The number of halogens is 1. The number of anilines is 1. The van der Waals surface area contributed by atoms with E-state index in [4.69, 9.17) is 17.3 Å². The molecule has 3 N–H and O–H groups in total. The molecule has 21 heavy (non-hydrogen) atoms. The number of primary amides is 1. The summed E-state index contributed by atoms with van der Waals surface area (Å²) >= 11 is 5.96. The molecule has 2 aromatic carbocycles. The van der Waals surface area contributed by atoms with Crippen molar-refractivity contribution in [3.63, 3.8) is 0 Å². The first-order valence-corrected chi connectivity index (χ1v) is 7.40. The molecule has 0 spiro atoms. The quantitative estimate of drug-likeness (QED) is 0.887. The molecule has 1 atom stereocenters. The highest BCUT2D eigenvalue weighted by molar-refractivity contribution is 6.30. The number of carbonyl (C=O) groups is 1. The Labute approximate surface area is 129 Å². The molecule has 3 nitrogen and oxygen atoms in total. The van der Waals surface area contributed by atoms with Gasteiger partial charge in [0.2, 0.25) is 5.91 Å². The normalized spacial score (nSPS) is 17.0. The van der Waals surface area contributed by atoms with Gasteiger partial charge in [0.15, 0.2) is 0 Å². The topological polar surface area (TPSA) is 55.1 Å². The third kappa shape index (κ3) is 2.61. The van der Waals surface area contributed by atoms with Crippen LogP contribution >= 0.6 is 11.6 Å². The first-order valence-electron chi connectivity index (χ1n) is 7.02. The fourth-order valence-electron chi connectivity index (χ4n) is 2.79. The molecule has 108 valence electrons. The van der Waals surface area contributed by atoms with E-state index in [9.17, 15) is 4.79 Å². The molecule has 1 aliphatic carbocycles. The predicted molar refractivity (Wildman–Crippen MR) is 85.1 cm³/mol. The number of para-hydroxylation sites is 1. The van der Waals surface area contributed by atoms with Crippen LogP contribution in [0.25, 0.3) is 0 Å². The molecular formula is C17H17ClN2O. The highest BCUT2D eigenvalue weighted by atomic mass is 35.5. The van der Waals surface area contributed by atoms with Crippen LogP contribution in [0.5, 0.6) is 0 Å². The second kappa shape index (κ2) is 5.41. The Hall–Kier alpha value is -2.00. The van der Waals surface area contributed by atoms with Gasteiger partial charge in [0.1, 0.15) is 5.54 Å². The van der Waals surface area contributed by atoms with Gasteiger partial charge in [0.25, 0.3) is 0 Å². The van der Waals surface area contributed by atoms with E-state index in [1.165, 1.54) is 0 Å². The Morgan fingerprint density at radius 3 is 2.24 bits per heavy atom. The Kier molecular flexibility index (Phi) is 3.60. The molecular weight excluding hydrogens is 284 g/mol. The summed E-state index contributed by atoms with van der Waals surface area (Å²) in [7, 11) is 0. The second-order valence-electron chi connectivity index (χ2n) is 5.44. The molecule has 0 bridgehead atoms. The summed E-state index contributed by atoms with van der Waals surface area (Å²) in [6.45, 7) is 0. The lowest BCUT2D eigenvalue weighted by Gasteiger charge is -2.33. The van der Waals surface area contributed by atoms with Crippen LogP contribution in [0, 0.1) is 5.92 Å². The Bertz CT molecular complexity index is 638. The minimum absolute atomic E-state index is 0.219. The zero-order valence-corrected chi connectivity index (χ0v) is 12.3. The summed E-state index contributed by atoms with van der Waals surface area (Å²) in [4.78, 5) is 12.3. The number of rotatable bonds is 5. The number of nitrogens with two attached hydrogens (primary N) is 1. The van der Waals surface area contributed by atoms with Crippen LogP contribution in [-0.2, 0) is 10.3 Å². The second-order valence-corrected chi connectivity index (χ2v) is 5.88. The first-order chi connectivity index (χ1) is 10.1. The zero-order chi connectivity index (χ0) is 14.9. The summed E-state index contributed by atoms with van der Waals surface area (Å²) in [5.74, 6) is -0.132. The summed E-state index contributed by atoms with van der Waals surface area (Å²) in [6.07, 6.45) is 1.98. The minimum atomic E-state index is -0.869. The molecule has 0 saturated heterocycles. The zero-order valence-electron chi connectivity index (χ0n) is 11.6. The van der Waals surface area contributed by atoms with E-state index in [-0.39, 0.29) is 11.8 Å². The Balaban J connectivity index is 2.06. The SMILES string of the molecule is NC(=O)C(Nc1ccccc1)(c1ccc(Cl)cc1)C1CC1. The molecule has 0 heterocycles. The summed E-state index contributed by atoms with van der Waals surface area (Å²) in [5.41, 5.74) is 6.68. The van der Waals surface area contributed by atoms with Crippen molar-refractivity contribution in [3.05, 3.63) is 65.2 Å². The molecule has 1 aliphatic rings. The number of hydrogen-bond donors (Lipinski definition) is 2. The molecule has 0 aliphatic heterocycles. The third-order valence-corrected chi connectivity index (χ3v) is 4.25. The van der Waals surface area contributed by atoms with Gasteiger partial charge in [0, 0.05) is 10.7 Å². The van der Waals surface area contributed by atoms with Crippen molar-refractivity contribution in [2.24, 2.45) is 11.7 Å². The smallest absolute Gasteiger partial charge is 0.248 e. The van der Waals surface area contributed by atoms with Crippen molar-refractivity contribution in [3.8, 4) is 0 Å². The van der Waals surface area contributed by atoms with Crippen LogP contribution in [0.3, 0.4) is 0 Å². The first kappa shape index (κ1) is 14.0. The molecule has 0 radical (unpaired) electrons. The molecule has 1 unspecified atom stereocenters. The van der Waals surface area contributed by atoms with Gasteiger partial charge < -0.3 is 11.1 Å². The van der Waals surface area contributed by atoms with Crippen molar-refractivity contribution in [1.29, 1.82) is 0 Å². The van der Waals surface area contributed by atoms with Crippen LogP contribution in [0.2, 0.25) is 5.02 Å². The lowest BCUT2D eigenvalue weighted by atomic mass is 9.83. The fourth-order valence-corrected chi connectivity index (χ4v) is 2.92. The maximum absolute atomic E-state index is 12.3. The van der Waals surface area contributed by atoms with Gasteiger partial charge in [-0.15, -0.1) is 0 Å². The number of amides is 1. The van der Waals surface area contributed by atoms with Gasteiger partial charge in [-0.05, 0) is 48.6 Å². The van der Waals surface area contributed by atoms with Gasteiger partial charge in [-0.25, -0.2) is 0 Å². The van der Waals surface area contributed by atoms with Crippen molar-refractivity contribution < 1.29 is 4.79 Å². The molecule has 2 aromatic rings. The highest BCUT2D eigenvalue weighted by Gasteiger charge is 2.51. The van der Waals surface area contributed by atoms with Crippen LogP contribution in [0.4, 0.5) is 5.69 Å². The minimum Gasteiger partial charge on any atom is -0.367 e. The summed E-state index contributed by atoms with van der Waals surface area (Å²) in [5, 5.41) is 4.02. The van der Waals surface area contributed by atoms with Gasteiger partial charge >= 0.3 is 0 Å².